The summed E-state index contributed by atoms with van der Waals surface area (Å²) in [6.45, 7) is 4.06. The lowest BCUT2D eigenvalue weighted by Crippen LogP contribution is -2.21. The Morgan fingerprint density at radius 1 is 1.10 bits per heavy atom. The van der Waals surface area contributed by atoms with Crippen molar-refractivity contribution in [2.24, 2.45) is 0 Å². The van der Waals surface area contributed by atoms with Crippen LogP contribution in [-0.2, 0) is 12.8 Å². The van der Waals surface area contributed by atoms with Crippen LogP contribution < -0.4 is 10.1 Å². The standard InChI is InChI=1S/C17H20N2O/c1-12(2)20-16-8-5-9-18-17(16)19-15-10-13-6-3-4-7-14(13)11-15/h3-9,12,15H,10-11H2,1-2H3,(H,18,19). The van der Waals surface area contributed by atoms with Gasteiger partial charge in [0.25, 0.3) is 0 Å². The highest BCUT2D eigenvalue weighted by molar-refractivity contribution is 5.51. The van der Waals surface area contributed by atoms with Crippen LogP contribution in [0.5, 0.6) is 5.75 Å². The number of ether oxygens (including phenoxy) is 1. The maximum absolute atomic E-state index is 5.81. The second-order valence-corrected chi connectivity index (χ2v) is 5.53. The first-order valence-corrected chi connectivity index (χ1v) is 7.17. The van der Waals surface area contributed by atoms with Crippen molar-refractivity contribution < 1.29 is 4.74 Å². The first-order chi connectivity index (χ1) is 9.72. The first-order valence-electron chi connectivity index (χ1n) is 7.17. The second-order valence-electron chi connectivity index (χ2n) is 5.53. The molecule has 104 valence electrons. The zero-order valence-electron chi connectivity index (χ0n) is 12.0. The van der Waals surface area contributed by atoms with Gasteiger partial charge in [-0.15, -0.1) is 0 Å². The molecule has 2 aromatic rings. The van der Waals surface area contributed by atoms with Gasteiger partial charge in [-0.05, 0) is 49.9 Å². The Kier molecular flexibility index (Phi) is 3.59. The van der Waals surface area contributed by atoms with Crippen LogP contribution >= 0.6 is 0 Å². The summed E-state index contributed by atoms with van der Waals surface area (Å²) < 4.78 is 5.81. The maximum Gasteiger partial charge on any atom is 0.169 e. The Labute approximate surface area is 120 Å². The number of hydrogen-bond acceptors (Lipinski definition) is 3. The predicted octanol–water partition coefficient (Wildman–Crippen LogP) is 3.45. The van der Waals surface area contributed by atoms with Crippen molar-refractivity contribution in [3.63, 3.8) is 0 Å². The summed E-state index contributed by atoms with van der Waals surface area (Å²) in [6, 6.07) is 12.9. The van der Waals surface area contributed by atoms with E-state index in [-0.39, 0.29) is 6.10 Å². The minimum absolute atomic E-state index is 0.153. The number of nitrogens with one attached hydrogen (secondary N) is 1. The van der Waals surface area contributed by atoms with Crippen LogP contribution in [0.15, 0.2) is 42.6 Å². The highest BCUT2D eigenvalue weighted by Gasteiger charge is 2.22. The minimum Gasteiger partial charge on any atom is -0.487 e. The smallest absolute Gasteiger partial charge is 0.169 e. The average molecular weight is 268 g/mol. The summed E-state index contributed by atoms with van der Waals surface area (Å²) in [5, 5.41) is 3.53. The molecular weight excluding hydrogens is 248 g/mol. The fourth-order valence-corrected chi connectivity index (χ4v) is 2.70. The Morgan fingerprint density at radius 2 is 1.80 bits per heavy atom. The molecule has 0 unspecified atom stereocenters. The molecule has 0 amide bonds. The van der Waals surface area contributed by atoms with Gasteiger partial charge in [-0.3, -0.25) is 0 Å². The molecule has 0 saturated heterocycles. The molecule has 0 saturated carbocycles. The highest BCUT2D eigenvalue weighted by Crippen LogP contribution is 2.28. The third kappa shape index (κ3) is 2.77. The Balaban J connectivity index is 1.74. The molecule has 1 heterocycles. The van der Waals surface area contributed by atoms with Crippen molar-refractivity contribution in [3.05, 3.63) is 53.7 Å². The number of rotatable bonds is 4. The molecule has 0 aliphatic heterocycles. The largest absolute Gasteiger partial charge is 0.487 e. The Hall–Kier alpha value is -2.03. The van der Waals surface area contributed by atoms with Crippen LogP contribution in [0, 0.1) is 0 Å². The van der Waals surface area contributed by atoms with E-state index in [0.29, 0.717) is 6.04 Å². The van der Waals surface area contributed by atoms with Gasteiger partial charge in [0.15, 0.2) is 11.6 Å². The molecule has 0 bridgehead atoms. The van der Waals surface area contributed by atoms with Crippen molar-refractivity contribution in [3.8, 4) is 5.75 Å². The van der Waals surface area contributed by atoms with E-state index in [0.717, 1.165) is 24.4 Å². The SMILES string of the molecule is CC(C)Oc1cccnc1NC1Cc2ccccc2C1. The molecule has 1 aromatic carbocycles. The first kappa shape index (κ1) is 13.0. The van der Waals surface area contributed by atoms with Gasteiger partial charge in [0.05, 0.1) is 6.10 Å². The van der Waals surface area contributed by atoms with Crippen LogP contribution in [0.25, 0.3) is 0 Å². The maximum atomic E-state index is 5.81. The van der Waals surface area contributed by atoms with E-state index >= 15 is 0 Å². The number of benzene rings is 1. The van der Waals surface area contributed by atoms with Gasteiger partial charge in [-0.2, -0.15) is 0 Å². The van der Waals surface area contributed by atoms with Crippen molar-refractivity contribution in [1.82, 2.24) is 4.98 Å². The van der Waals surface area contributed by atoms with Gasteiger partial charge in [0.1, 0.15) is 0 Å². The van der Waals surface area contributed by atoms with E-state index in [1.165, 1.54) is 11.1 Å². The molecule has 1 N–H and O–H groups in total. The number of nitrogens with zero attached hydrogens (tertiary/aromatic N) is 1. The van der Waals surface area contributed by atoms with Crippen molar-refractivity contribution in [2.75, 3.05) is 5.32 Å². The van der Waals surface area contributed by atoms with Gasteiger partial charge in [-0.25, -0.2) is 4.98 Å². The molecule has 3 rings (SSSR count). The van der Waals surface area contributed by atoms with Gasteiger partial charge in [0, 0.05) is 12.2 Å². The summed E-state index contributed by atoms with van der Waals surface area (Å²) in [6.07, 6.45) is 4.06. The van der Waals surface area contributed by atoms with E-state index in [2.05, 4.69) is 34.6 Å². The average Bonchev–Trinajstić information content (AvgIpc) is 2.82. The Bertz CT molecular complexity index is 570. The summed E-state index contributed by atoms with van der Waals surface area (Å²) in [4.78, 5) is 4.42. The number of anilines is 1. The van der Waals surface area contributed by atoms with E-state index in [9.17, 15) is 0 Å². The molecule has 0 spiro atoms. The van der Waals surface area contributed by atoms with E-state index in [1.54, 1.807) is 6.20 Å². The van der Waals surface area contributed by atoms with Crippen LogP contribution in [0.3, 0.4) is 0 Å². The Morgan fingerprint density at radius 3 is 2.45 bits per heavy atom. The molecule has 1 aromatic heterocycles. The third-order valence-corrected chi connectivity index (χ3v) is 3.53. The number of fused-ring (bicyclic) bond motifs is 1. The van der Waals surface area contributed by atoms with E-state index in [1.807, 2.05) is 26.0 Å². The van der Waals surface area contributed by atoms with E-state index < -0.39 is 0 Å². The summed E-state index contributed by atoms with van der Waals surface area (Å²) >= 11 is 0. The number of pyridine rings is 1. The van der Waals surface area contributed by atoms with E-state index in [4.69, 9.17) is 4.74 Å². The van der Waals surface area contributed by atoms with Crippen LogP contribution in [0.4, 0.5) is 5.82 Å². The lowest BCUT2D eigenvalue weighted by Gasteiger charge is -2.17. The summed E-state index contributed by atoms with van der Waals surface area (Å²) in [7, 11) is 0. The zero-order chi connectivity index (χ0) is 13.9. The molecule has 3 nitrogen and oxygen atoms in total. The van der Waals surface area contributed by atoms with Crippen molar-refractivity contribution in [2.45, 2.75) is 38.8 Å². The molecule has 3 heteroatoms. The quantitative estimate of drug-likeness (QED) is 0.922. The fourth-order valence-electron chi connectivity index (χ4n) is 2.70. The van der Waals surface area contributed by atoms with Gasteiger partial charge in [0.2, 0.25) is 0 Å². The van der Waals surface area contributed by atoms with Gasteiger partial charge < -0.3 is 10.1 Å². The van der Waals surface area contributed by atoms with Crippen LogP contribution in [0.2, 0.25) is 0 Å². The molecular formula is C17H20N2O. The predicted molar refractivity (Wildman–Crippen MR) is 81.3 cm³/mol. The number of aromatic nitrogens is 1. The summed E-state index contributed by atoms with van der Waals surface area (Å²) in [5.41, 5.74) is 2.87. The monoisotopic (exact) mass is 268 g/mol. The topological polar surface area (TPSA) is 34.1 Å². The second kappa shape index (κ2) is 5.53. The highest BCUT2D eigenvalue weighted by atomic mass is 16.5. The molecule has 1 aliphatic rings. The third-order valence-electron chi connectivity index (χ3n) is 3.53. The fraction of sp³-hybridized carbons (Fsp3) is 0.353. The van der Waals surface area contributed by atoms with Gasteiger partial charge >= 0.3 is 0 Å². The van der Waals surface area contributed by atoms with Gasteiger partial charge in [-0.1, -0.05) is 24.3 Å². The molecule has 0 fully saturated rings. The van der Waals surface area contributed by atoms with Crippen molar-refractivity contribution >= 4 is 5.82 Å². The minimum atomic E-state index is 0.153. The van der Waals surface area contributed by atoms with Crippen LogP contribution in [0.1, 0.15) is 25.0 Å². The molecule has 20 heavy (non-hydrogen) atoms. The zero-order valence-corrected chi connectivity index (χ0v) is 12.0. The normalized spacial score (nSPS) is 14.3. The lowest BCUT2D eigenvalue weighted by molar-refractivity contribution is 0.242. The molecule has 1 aliphatic carbocycles. The van der Waals surface area contributed by atoms with Crippen LogP contribution in [-0.4, -0.2) is 17.1 Å². The lowest BCUT2D eigenvalue weighted by atomic mass is 10.1. The van der Waals surface area contributed by atoms with Crippen molar-refractivity contribution in [1.29, 1.82) is 0 Å². The molecule has 0 atom stereocenters. The number of hydrogen-bond donors (Lipinski definition) is 1. The summed E-state index contributed by atoms with van der Waals surface area (Å²) in [5.74, 6) is 1.68. The molecule has 0 radical (unpaired) electrons.